The average Bonchev–Trinajstić information content (AvgIpc) is 3.19. The van der Waals surface area contributed by atoms with Gasteiger partial charge in [0.1, 0.15) is 22.9 Å². The summed E-state index contributed by atoms with van der Waals surface area (Å²) in [7, 11) is 1.51. The predicted molar refractivity (Wildman–Crippen MR) is 115 cm³/mol. The molecule has 2 unspecified atom stereocenters. The van der Waals surface area contributed by atoms with Gasteiger partial charge in [0.15, 0.2) is 0 Å². The van der Waals surface area contributed by atoms with Crippen LogP contribution in [0.5, 0.6) is 5.75 Å². The van der Waals surface area contributed by atoms with Crippen LogP contribution in [0.25, 0.3) is 0 Å². The van der Waals surface area contributed by atoms with Crippen molar-refractivity contribution in [2.75, 3.05) is 17.7 Å². The van der Waals surface area contributed by atoms with Crippen LogP contribution in [0.1, 0.15) is 58.0 Å². The number of rotatable bonds is 7. The summed E-state index contributed by atoms with van der Waals surface area (Å²) in [6, 6.07) is 9.00. The number of nitrogens with one attached hydrogen (secondary N) is 2. The van der Waals surface area contributed by atoms with E-state index in [4.69, 9.17) is 13.9 Å². The van der Waals surface area contributed by atoms with Crippen LogP contribution >= 0.6 is 0 Å². The molecule has 0 bridgehead atoms. The molecule has 1 aliphatic carbocycles. The zero-order valence-electron chi connectivity index (χ0n) is 18.2. The fraction of sp³-hybridized carbons (Fsp3) is 0.478. The molecule has 0 radical (unpaired) electrons. The molecular formula is C23H30N2O5. The van der Waals surface area contributed by atoms with Crippen LogP contribution in [0.3, 0.4) is 0 Å². The molecule has 2 amide bonds. The normalized spacial score (nSPS) is 17.9. The number of carbonyl (C=O) groups excluding carboxylic acids is 2. The summed E-state index contributed by atoms with van der Waals surface area (Å²) in [4.78, 5) is 24.4. The van der Waals surface area contributed by atoms with Gasteiger partial charge in [-0.2, -0.15) is 0 Å². The van der Waals surface area contributed by atoms with Gasteiger partial charge in [0, 0.05) is 24.4 Å². The quantitative estimate of drug-likeness (QED) is 0.639. The lowest BCUT2D eigenvalue weighted by Gasteiger charge is -2.20. The third-order valence-electron chi connectivity index (χ3n) is 4.87. The molecule has 1 saturated carbocycles. The predicted octanol–water partition coefficient (Wildman–Crippen LogP) is 5.33. The number of carbonyl (C=O) groups is 2. The number of benzene rings is 1. The van der Waals surface area contributed by atoms with E-state index in [2.05, 4.69) is 17.6 Å². The number of hydrogen-bond acceptors (Lipinski definition) is 5. The largest absolute Gasteiger partial charge is 0.495 e. The van der Waals surface area contributed by atoms with Gasteiger partial charge in [-0.25, -0.2) is 4.79 Å². The van der Waals surface area contributed by atoms with Gasteiger partial charge < -0.3 is 19.2 Å². The fourth-order valence-corrected chi connectivity index (χ4v) is 3.20. The molecule has 0 spiro atoms. The first-order valence-electron chi connectivity index (χ1n) is 10.2. The summed E-state index contributed by atoms with van der Waals surface area (Å²) in [6.07, 6.45) is 1.41. The Bertz CT molecular complexity index is 913. The Balaban J connectivity index is 1.56. The minimum atomic E-state index is -0.619. The summed E-state index contributed by atoms with van der Waals surface area (Å²) < 4.78 is 16.4. The lowest BCUT2D eigenvalue weighted by Crippen LogP contribution is -2.27. The standard InChI is InChI=1S/C23H30N2O5/c1-14-12-17(14)19-10-7-16(29-19)8-11-21(26)24-15-6-9-20(28-5)18(13-15)25-22(27)30-23(2,3)4/h6-7,9-10,13-14,17H,8,11-12H2,1-5H3,(H,24,26)(H,25,27). The first-order valence-corrected chi connectivity index (χ1v) is 10.2. The molecule has 2 atom stereocenters. The minimum Gasteiger partial charge on any atom is -0.495 e. The number of aryl methyl sites for hydroxylation is 1. The second-order valence-corrected chi connectivity index (χ2v) is 8.71. The van der Waals surface area contributed by atoms with Gasteiger partial charge in [-0.3, -0.25) is 10.1 Å². The van der Waals surface area contributed by atoms with Gasteiger partial charge in [-0.15, -0.1) is 0 Å². The van der Waals surface area contributed by atoms with Crippen LogP contribution < -0.4 is 15.4 Å². The van der Waals surface area contributed by atoms with E-state index in [0.29, 0.717) is 41.8 Å². The van der Waals surface area contributed by atoms with Crippen LogP contribution in [-0.2, 0) is 16.0 Å². The van der Waals surface area contributed by atoms with Crippen molar-refractivity contribution >= 4 is 23.4 Å². The van der Waals surface area contributed by atoms with Crippen molar-refractivity contribution in [1.82, 2.24) is 0 Å². The number of hydrogen-bond donors (Lipinski definition) is 2. The van der Waals surface area contributed by atoms with Crippen molar-refractivity contribution in [3.63, 3.8) is 0 Å². The van der Waals surface area contributed by atoms with E-state index in [1.54, 1.807) is 39.0 Å². The van der Waals surface area contributed by atoms with E-state index in [9.17, 15) is 9.59 Å². The average molecular weight is 415 g/mol. The van der Waals surface area contributed by atoms with Gasteiger partial charge in [0.25, 0.3) is 0 Å². The molecule has 0 saturated heterocycles. The zero-order valence-corrected chi connectivity index (χ0v) is 18.2. The van der Waals surface area contributed by atoms with E-state index in [1.165, 1.54) is 13.5 Å². The molecule has 1 aliphatic rings. The Hall–Kier alpha value is -2.96. The number of methoxy groups -OCH3 is 1. The van der Waals surface area contributed by atoms with Crippen molar-refractivity contribution in [1.29, 1.82) is 0 Å². The molecule has 3 rings (SSSR count). The number of anilines is 2. The molecule has 0 aliphatic heterocycles. The maximum absolute atomic E-state index is 12.4. The summed E-state index contributed by atoms with van der Waals surface area (Å²) in [5, 5.41) is 5.51. The highest BCUT2D eigenvalue weighted by Gasteiger charge is 2.36. The maximum Gasteiger partial charge on any atom is 0.412 e. The van der Waals surface area contributed by atoms with E-state index < -0.39 is 11.7 Å². The van der Waals surface area contributed by atoms with Crippen LogP contribution in [0, 0.1) is 5.92 Å². The monoisotopic (exact) mass is 414 g/mol. The van der Waals surface area contributed by atoms with Crippen LogP contribution in [0.15, 0.2) is 34.7 Å². The summed E-state index contributed by atoms with van der Waals surface area (Å²) in [5.74, 6) is 3.39. The molecule has 1 heterocycles. The summed E-state index contributed by atoms with van der Waals surface area (Å²) >= 11 is 0. The van der Waals surface area contributed by atoms with Gasteiger partial charge in [-0.05, 0) is 63.4 Å². The third kappa shape index (κ3) is 6.02. The van der Waals surface area contributed by atoms with Gasteiger partial charge in [0.2, 0.25) is 5.91 Å². The molecular weight excluding hydrogens is 384 g/mol. The molecule has 2 N–H and O–H groups in total. The third-order valence-corrected chi connectivity index (χ3v) is 4.87. The van der Waals surface area contributed by atoms with Gasteiger partial charge >= 0.3 is 6.09 Å². The molecule has 7 heteroatoms. The van der Waals surface area contributed by atoms with Crippen molar-refractivity contribution in [2.45, 2.75) is 58.5 Å². The number of furan rings is 1. The van der Waals surface area contributed by atoms with Crippen LogP contribution in [0.4, 0.5) is 16.2 Å². The Morgan fingerprint density at radius 1 is 1.17 bits per heavy atom. The number of ether oxygens (including phenoxy) is 2. The van der Waals surface area contributed by atoms with Crippen molar-refractivity contribution in [3.8, 4) is 5.75 Å². The Morgan fingerprint density at radius 2 is 1.90 bits per heavy atom. The molecule has 1 aromatic heterocycles. The summed E-state index contributed by atoms with van der Waals surface area (Å²) in [6.45, 7) is 7.57. The molecule has 30 heavy (non-hydrogen) atoms. The van der Waals surface area contributed by atoms with Crippen LogP contribution in [0.2, 0.25) is 0 Å². The highest BCUT2D eigenvalue weighted by Crippen LogP contribution is 2.47. The lowest BCUT2D eigenvalue weighted by atomic mass is 10.2. The van der Waals surface area contributed by atoms with Gasteiger partial charge in [0.05, 0.1) is 12.8 Å². The molecule has 2 aromatic rings. The fourth-order valence-electron chi connectivity index (χ4n) is 3.20. The molecule has 7 nitrogen and oxygen atoms in total. The second kappa shape index (κ2) is 8.81. The minimum absolute atomic E-state index is 0.138. The van der Waals surface area contributed by atoms with Gasteiger partial charge in [-0.1, -0.05) is 6.92 Å². The summed E-state index contributed by atoms with van der Waals surface area (Å²) in [5.41, 5.74) is 0.351. The zero-order chi connectivity index (χ0) is 21.9. The van der Waals surface area contributed by atoms with E-state index in [-0.39, 0.29) is 5.91 Å². The first-order chi connectivity index (χ1) is 14.1. The highest BCUT2D eigenvalue weighted by atomic mass is 16.6. The Kier molecular flexibility index (Phi) is 6.39. The maximum atomic E-state index is 12.4. The molecule has 162 valence electrons. The molecule has 1 fully saturated rings. The Morgan fingerprint density at radius 3 is 2.53 bits per heavy atom. The lowest BCUT2D eigenvalue weighted by molar-refractivity contribution is -0.116. The SMILES string of the molecule is COc1ccc(NC(=O)CCc2ccc(C3CC3C)o2)cc1NC(=O)OC(C)(C)C. The second-order valence-electron chi connectivity index (χ2n) is 8.71. The van der Waals surface area contributed by atoms with E-state index >= 15 is 0 Å². The van der Waals surface area contributed by atoms with E-state index in [1.807, 2.05) is 12.1 Å². The highest BCUT2D eigenvalue weighted by molar-refractivity contribution is 5.93. The van der Waals surface area contributed by atoms with Crippen molar-refractivity contribution in [3.05, 3.63) is 41.9 Å². The first kappa shape index (κ1) is 21.7. The molecule has 1 aromatic carbocycles. The van der Waals surface area contributed by atoms with Crippen molar-refractivity contribution in [2.24, 2.45) is 5.92 Å². The topological polar surface area (TPSA) is 89.8 Å². The smallest absolute Gasteiger partial charge is 0.412 e. The number of amides is 2. The van der Waals surface area contributed by atoms with Crippen molar-refractivity contribution < 1.29 is 23.5 Å². The van der Waals surface area contributed by atoms with Crippen LogP contribution in [-0.4, -0.2) is 24.7 Å². The Labute approximate surface area is 177 Å². The van der Waals surface area contributed by atoms with E-state index in [0.717, 1.165) is 11.5 Å².